The molecule has 2 amide bonds. The van der Waals surface area contributed by atoms with Gasteiger partial charge >= 0.3 is 0 Å². The minimum atomic E-state index is -1.03. The molecule has 10 nitrogen and oxygen atoms in total. The summed E-state index contributed by atoms with van der Waals surface area (Å²) in [5, 5.41) is 11.4. The molecule has 0 N–H and O–H groups in total. The molecule has 2 fully saturated rings. The Labute approximate surface area is 215 Å². The maximum absolute atomic E-state index is 14.1. The average Bonchev–Trinajstić information content (AvgIpc) is 3.61. The van der Waals surface area contributed by atoms with Crippen molar-refractivity contribution < 1.29 is 28.8 Å². The predicted octanol–water partition coefficient (Wildman–Crippen LogP) is 3.60. The molecular formula is C28H19N3O7. The van der Waals surface area contributed by atoms with Crippen LogP contribution in [-0.2, 0) is 9.59 Å². The number of para-hydroxylation sites is 1. The van der Waals surface area contributed by atoms with Gasteiger partial charge in [0.05, 0.1) is 28.5 Å². The van der Waals surface area contributed by atoms with Crippen molar-refractivity contribution in [1.82, 2.24) is 0 Å². The number of imide groups is 1. The number of non-ortho nitro benzene ring substituents is 1. The first-order valence-corrected chi connectivity index (χ1v) is 12.1. The van der Waals surface area contributed by atoms with E-state index in [1.165, 1.54) is 24.3 Å². The lowest BCUT2D eigenvalue weighted by atomic mass is 9.86. The molecule has 2 saturated heterocycles. The SMILES string of the molecule is O=C(c1cccc([N+](=O)[O-])c1)[C@@H]1[C@H]2C(=O)N(c3ccc4c(c3)OCO4)C(=O)[C@@H]2[C@@H]2C=Cc3ccccc3N12. The number of hydrogen-bond acceptors (Lipinski definition) is 8. The van der Waals surface area contributed by atoms with Crippen molar-refractivity contribution in [3.8, 4) is 11.5 Å². The molecule has 0 bridgehead atoms. The van der Waals surface area contributed by atoms with Crippen molar-refractivity contribution in [3.63, 3.8) is 0 Å². The largest absolute Gasteiger partial charge is 0.454 e. The summed E-state index contributed by atoms with van der Waals surface area (Å²) in [5.74, 6) is -2.21. The number of Topliss-reactive ketones (excluding diaryl/α,β-unsaturated/α-hetero) is 1. The van der Waals surface area contributed by atoms with Gasteiger partial charge in [-0.05, 0) is 23.8 Å². The lowest BCUT2D eigenvalue weighted by Crippen LogP contribution is -2.48. The van der Waals surface area contributed by atoms with Crippen molar-refractivity contribution in [2.75, 3.05) is 16.6 Å². The fraction of sp³-hybridized carbons (Fsp3) is 0.179. The van der Waals surface area contributed by atoms with Crippen molar-refractivity contribution in [2.24, 2.45) is 11.8 Å². The van der Waals surface area contributed by atoms with Crippen LogP contribution in [0.5, 0.6) is 11.5 Å². The van der Waals surface area contributed by atoms with Crippen LogP contribution in [0.4, 0.5) is 17.1 Å². The number of nitrogens with zero attached hydrogens (tertiary/aromatic N) is 3. The van der Waals surface area contributed by atoms with Gasteiger partial charge in [0, 0.05) is 29.4 Å². The average molecular weight is 509 g/mol. The third kappa shape index (κ3) is 3.03. The van der Waals surface area contributed by atoms with E-state index in [0.717, 1.165) is 16.2 Å². The van der Waals surface area contributed by atoms with Gasteiger partial charge in [-0.1, -0.05) is 42.5 Å². The van der Waals surface area contributed by atoms with Crippen LogP contribution in [0.1, 0.15) is 15.9 Å². The molecule has 0 unspecified atom stereocenters. The number of carbonyl (C=O) groups is 3. The molecule has 188 valence electrons. The highest BCUT2D eigenvalue weighted by molar-refractivity contribution is 6.25. The molecule has 0 aliphatic carbocycles. The molecule has 10 heteroatoms. The lowest BCUT2D eigenvalue weighted by molar-refractivity contribution is -0.384. The van der Waals surface area contributed by atoms with Gasteiger partial charge in [-0.15, -0.1) is 0 Å². The van der Waals surface area contributed by atoms with Crippen molar-refractivity contribution in [2.45, 2.75) is 12.1 Å². The number of nitro groups is 1. The molecule has 4 aliphatic rings. The number of carbonyl (C=O) groups excluding carboxylic acids is 3. The van der Waals surface area contributed by atoms with Crippen molar-refractivity contribution >= 4 is 40.7 Å². The summed E-state index contributed by atoms with van der Waals surface area (Å²) in [4.78, 5) is 55.7. The molecular weight excluding hydrogens is 490 g/mol. The zero-order chi connectivity index (χ0) is 26.1. The van der Waals surface area contributed by atoms with Gasteiger partial charge in [0.2, 0.25) is 18.6 Å². The number of anilines is 2. The smallest absolute Gasteiger partial charge is 0.270 e. The minimum Gasteiger partial charge on any atom is -0.454 e. The fourth-order valence-electron chi connectivity index (χ4n) is 6.04. The summed E-state index contributed by atoms with van der Waals surface area (Å²) < 4.78 is 10.8. The standard InChI is InChI=1S/C28H19N3O7/c32-26(16-5-3-6-18(12-16)31(35)36)25-24-23(20-10-8-15-4-1-2-7-19(15)30(20)25)27(33)29(28(24)34)17-9-11-21-22(13-17)38-14-37-21/h1-13,20,23-25H,14H2/t20-,23+,24-,25-/m0/s1. The summed E-state index contributed by atoms with van der Waals surface area (Å²) >= 11 is 0. The van der Waals surface area contributed by atoms with Gasteiger partial charge in [0.15, 0.2) is 17.3 Å². The molecule has 3 aromatic rings. The number of fused-ring (bicyclic) bond motifs is 6. The van der Waals surface area contributed by atoms with E-state index in [0.29, 0.717) is 17.2 Å². The molecule has 7 rings (SSSR count). The zero-order valence-electron chi connectivity index (χ0n) is 19.7. The Hall–Kier alpha value is -4.99. The van der Waals surface area contributed by atoms with Crippen LogP contribution in [0, 0.1) is 22.0 Å². The maximum atomic E-state index is 14.1. The summed E-state index contributed by atoms with van der Waals surface area (Å²) in [6.07, 6.45) is 3.75. The molecule has 4 heterocycles. The summed E-state index contributed by atoms with van der Waals surface area (Å²) in [6, 6.07) is 16.2. The van der Waals surface area contributed by atoms with E-state index < -0.39 is 46.4 Å². The summed E-state index contributed by atoms with van der Waals surface area (Å²) in [5.41, 5.74) is 1.81. The Bertz CT molecular complexity index is 1600. The van der Waals surface area contributed by atoms with E-state index in [-0.39, 0.29) is 18.0 Å². The topological polar surface area (TPSA) is 119 Å². The lowest BCUT2D eigenvalue weighted by Gasteiger charge is -2.36. The van der Waals surface area contributed by atoms with Crippen LogP contribution in [0.2, 0.25) is 0 Å². The fourth-order valence-corrected chi connectivity index (χ4v) is 6.04. The van der Waals surface area contributed by atoms with Crippen molar-refractivity contribution in [3.05, 3.63) is 94.0 Å². The number of ether oxygens (including phenoxy) is 2. The maximum Gasteiger partial charge on any atom is 0.270 e. The highest BCUT2D eigenvalue weighted by Crippen LogP contribution is 2.50. The Morgan fingerprint density at radius 3 is 2.55 bits per heavy atom. The van der Waals surface area contributed by atoms with Crippen LogP contribution in [0.25, 0.3) is 6.08 Å². The Balaban J connectivity index is 1.35. The molecule has 0 radical (unpaired) electrons. The zero-order valence-corrected chi connectivity index (χ0v) is 19.7. The summed E-state index contributed by atoms with van der Waals surface area (Å²) in [7, 11) is 0. The molecule has 0 saturated carbocycles. The van der Waals surface area contributed by atoms with Crippen LogP contribution in [0.15, 0.2) is 72.8 Å². The normalized spacial score (nSPS) is 24.3. The van der Waals surface area contributed by atoms with Gasteiger partial charge < -0.3 is 14.4 Å². The number of hydrogen-bond donors (Lipinski definition) is 0. The number of nitro benzene ring substituents is 1. The molecule has 3 aromatic carbocycles. The van der Waals surface area contributed by atoms with E-state index in [4.69, 9.17) is 9.47 Å². The van der Waals surface area contributed by atoms with E-state index >= 15 is 0 Å². The van der Waals surface area contributed by atoms with Gasteiger partial charge in [0.1, 0.15) is 6.04 Å². The minimum absolute atomic E-state index is 0.0486. The first-order chi connectivity index (χ1) is 18.4. The van der Waals surface area contributed by atoms with Gasteiger partial charge in [-0.2, -0.15) is 0 Å². The predicted molar refractivity (Wildman–Crippen MR) is 135 cm³/mol. The first-order valence-electron chi connectivity index (χ1n) is 12.1. The Morgan fingerprint density at radius 2 is 1.71 bits per heavy atom. The number of benzene rings is 3. The van der Waals surface area contributed by atoms with E-state index in [1.54, 1.807) is 18.2 Å². The van der Waals surface area contributed by atoms with Gasteiger partial charge in [0.25, 0.3) is 5.69 Å². The molecule has 0 spiro atoms. The Morgan fingerprint density at radius 1 is 0.921 bits per heavy atom. The van der Waals surface area contributed by atoms with E-state index in [9.17, 15) is 24.5 Å². The Kier molecular flexibility index (Phi) is 4.68. The molecule has 4 atom stereocenters. The second kappa shape index (κ2) is 8.01. The van der Waals surface area contributed by atoms with Gasteiger partial charge in [-0.25, -0.2) is 4.90 Å². The number of rotatable bonds is 4. The third-order valence-corrected chi connectivity index (χ3v) is 7.64. The van der Waals surface area contributed by atoms with Crippen LogP contribution < -0.4 is 19.3 Å². The number of ketones is 1. The second-order valence-corrected chi connectivity index (χ2v) is 9.53. The van der Waals surface area contributed by atoms with E-state index in [2.05, 4.69) is 0 Å². The second-order valence-electron chi connectivity index (χ2n) is 9.53. The van der Waals surface area contributed by atoms with Crippen LogP contribution >= 0.6 is 0 Å². The van der Waals surface area contributed by atoms with Crippen molar-refractivity contribution in [1.29, 1.82) is 0 Å². The quantitative estimate of drug-likeness (QED) is 0.227. The van der Waals surface area contributed by atoms with Crippen LogP contribution in [0.3, 0.4) is 0 Å². The van der Waals surface area contributed by atoms with E-state index in [1.807, 2.05) is 41.3 Å². The highest BCUT2D eigenvalue weighted by Gasteiger charge is 2.64. The van der Waals surface area contributed by atoms with Gasteiger partial charge in [-0.3, -0.25) is 24.5 Å². The first kappa shape index (κ1) is 22.2. The summed E-state index contributed by atoms with van der Waals surface area (Å²) in [6.45, 7) is 0.0486. The van der Waals surface area contributed by atoms with Crippen LogP contribution in [-0.4, -0.2) is 41.4 Å². The molecule has 0 aromatic heterocycles. The third-order valence-electron chi connectivity index (χ3n) is 7.64. The molecule has 38 heavy (non-hydrogen) atoms. The molecule has 4 aliphatic heterocycles. The highest BCUT2D eigenvalue weighted by atomic mass is 16.7. The monoisotopic (exact) mass is 509 g/mol. The number of amides is 2.